The number of nitrogens with zero attached hydrogens (tertiary/aromatic N) is 6. The molecule has 0 bridgehead atoms. The Morgan fingerprint density at radius 3 is 2.50 bits per heavy atom. The number of hydrogen-bond acceptors (Lipinski definition) is 9. The summed E-state index contributed by atoms with van der Waals surface area (Å²) in [4.78, 5) is 33.2. The number of morpholine rings is 1. The molecule has 10 heteroatoms. The van der Waals surface area contributed by atoms with Gasteiger partial charge in [0.2, 0.25) is 11.9 Å². The number of likely N-dealkylation sites (N-methyl/N-ethyl adjacent to an activating group) is 1. The number of ether oxygens (including phenoxy) is 2. The van der Waals surface area contributed by atoms with Gasteiger partial charge in [-0.15, -0.1) is 0 Å². The molecule has 2 aromatic heterocycles. The molecule has 1 aromatic carbocycles. The Labute approximate surface area is 186 Å². The molecule has 4 rings (SSSR count). The van der Waals surface area contributed by atoms with Gasteiger partial charge in [-0.2, -0.15) is 15.0 Å². The average Bonchev–Trinajstić information content (AvgIpc) is 2.81. The van der Waals surface area contributed by atoms with E-state index in [-0.39, 0.29) is 11.9 Å². The number of benzene rings is 1. The van der Waals surface area contributed by atoms with Gasteiger partial charge in [-0.3, -0.25) is 4.79 Å². The fraction of sp³-hybridized carbons (Fsp3) is 0.318. The van der Waals surface area contributed by atoms with Crippen LogP contribution in [0.4, 0.5) is 11.8 Å². The highest BCUT2D eigenvalue weighted by atomic mass is 16.5. The number of aromatic nitrogens is 4. The first-order chi connectivity index (χ1) is 15.5. The second kappa shape index (κ2) is 9.56. The number of hydrogen-bond donors (Lipinski definition) is 1. The highest BCUT2D eigenvalue weighted by molar-refractivity contribution is 5.78. The standard InChI is InChI=1S/C22H25N7O3/c1-28(2)19(30)13-15-3-6-17(7-4-15)32-22-26-20(16-5-8-18(23)24-14-16)25-21(27-22)29-9-11-31-12-10-29/h3-8,14H,9-13H2,1-2H3,(H2,23,24). The van der Waals surface area contributed by atoms with E-state index in [2.05, 4.69) is 19.9 Å². The highest BCUT2D eigenvalue weighted by Crippen LogP contribution is 2.25. The SMILES string of the molecule is CN(C)C(=O)Cc1ccc(Oc2nc(-c3ccc(N)nc3)nc(N3CCOCC3)n2)cc1. The normalized spacial score (nSPS) is 13.6. The van der Waals surface area contributed by atoms with Crippen LogP contribution in [0, 0.1) is 0 Å². The van der Waals surface area contributed by atoms with Gasteiger partial charge >= 0.3 is 6.01 Å². The monoisotopic (exact) mass is 435 g/mol. The summed E-state index contributed by atoms with van der Waals surface area (Å²) in [6, 6.07) is 11.0. The maximum absolute atomic E-state index is 11.9. The molecule has 1 amide bonds. The van der Waals surface area contributed by atoms with Crippen molar-refractivity contribution in [3.63, 3.8) is 0 Å². The van der Waals surface area contributed by atoms with Crippen LogP contribution in [0.25, 0.3) is 11.4 Å². The highest BCUT2D eigenvalue weighted by Gasteiger charge is 2.18. The summed E-state index contributed by atoms with van der Waals surface area (Å²) in [6.07, 6.45) is 1.95. The summed E-state index contributed by atoms with van der Waals surface area (Å²) in [5, 5.41) is 0. The van der Waals surface area contributed by atoms with E-state index in [4.69, 9.17) is 15.2 Å². The number of nitrogens with two attached hydrogens (primary N) is 1. The number of anilines is 2. The third-order valence-corrected chi connectivity index (χ3v) is 4.93. The molecule has 2 N–H and O–H groups in total. The fourth-order valence-electron chi connectivity index (χ4n) is 3.08. The van der Waals surface area contributed by atoms with Gasteiger partial charge in [0, 0.05) is 38.9 Å². The molecule has 0 aliphatic carbocycles. The summed E-state index contributed by atoms with van der Waals surface area (Å²) in [5.74, 6) is 1.97. The van der Waals surface area contributed by atoms with Crippen LogP contribution in [-0.2, 0) is 16.0 Å². The van der Waals surface area contributed by atoms with Crippen molar-refractivity contribution in [2.24, 2.45) is 0 Å². The molecule has 1 fully saturated rings. The Morgan fingerprint density at radius 2 is 1.84 bits per heavy atom. The van der Waals surface area contributed by atoms with Gasteiger partial charge in [0.1, 0.15) is 11.6 Å². The Balaban J connectivity index is 1.60. The summed E-state index contributed by atoms with van der Waals surface area (Å²) in [5.41, 5.74) is 7.31. The van der Waals surface area contributed by atoms with Crippen molar-refractivity contribution in [2.75, 3.05) is 51.0 Å². The van der Waals surface area contributed by atoms with Crippen LogP contribution in [0.2, 0.25) is 0 Å². The first-order valence-corrected chi connectivity index (χ1v) is 10.3. The van der Waals surface area contributed by atoms with Crippen molar-refractivity contribution < 1.29 is 14.3 Å². The van der Waals surface area contributed by atoms with E-state index in [1.165, 1.54) is 0 Å². The second-order valence-electron chi connectivity index (χ2n) is 7.52. The summed E-state index contributed by atoms with van der Waals surface area (Å²) >= 11 is 0. The zero-order chi connectivity index (χ0) is 22.5. The molecule has 0 saturated carbocycles. The topological polar surface area (TPSA) is 120 Å². The number of amides is 1. The lowest BCUT2D eigenvalue weighted by Gasteiger charge is -2.27. The van der Waals surface area contributed by atoms with Crippen molar-refractivity contribution in [2.45, 2.75) is 6.42 Å². The van der Waals surface area contributed by atoms with E-state index in [1.54, 1.807) is 49.5 Å². The average molecular weight is 435 g/mol. The Kier molecular flexibility index (Phi) is 6.41. The van der Waals surface area contributed by atoms with E-state index in [9.17, 15) is 4.79 Å². The molecule has 3 aromatic rings. The molecular formula is C22H25N7O3. The number of carbonyl (C=O) groups is 1. The van der Waals surface area contributed by atoms with E-state index in [0.29, 0.717) is 61.6 Å². The molecule has 1 aliphatic rings. The van der Waals surface area contributed by atoms with Crippen LogP contribution in [0.5, 0.6) is 11.8 Å². The molecule has 10 nitrogen and oxygen atoms in total. The fourth-order valence-corrected chi connectivity index (χ4v) is 3.08. The molecule has 32 heavy (non-hydrogen) atoms. The van der Waals surface area contributed by atoms with Crippen LogP contribution in [0.1, 0.15) is 5.56 Å². The summed E-state index contributed by atoms with van der Waals surface area (Å²) in [7, 11) is 3.47. The number of rotatable bonds is 6. The minimum Gasteiger partial charge on any atom is -0.424 e. The Bertz CT molecular complexity index is 1070. The molecular weight excluding hydrogens is 410 g/mol. The number of pyridine rings is 1. The van der Waals surface area contributed by atoms with Gasteiger partial charge in [-0.25, -0.2) is 4.98 Å². The van der Waals surface area contributed by atoms with Crippen LogP contribution in [0.15, 0.2) is 42.6 Å². The van der Waals surface area contributed by atoms with Crippen LogP contribution in [-0.4, -0.2) is 71.1 Å². The van der Waals surface area contributed by atoms with Crippen molar-refractivity contribution in [3.8, 4) is 23.1 Å². The molecule has 1 aliphatic heterocycles. The van der Waals surface area contributed by atoms with Crippen LogP contribution < -0.4 is 15.4 Å². The Morgan fingerprint density at radius 1 is 1.09 bits per heavy atom. The number of nitrogen functional groups attached to an aromatic ring is 1. The largest absolute Gasteiger partial charge is 0.424 e. The minimum absolute atomic E-state index is 0.0352. The first-order valence-electron chi connectivity index (χ1n) is 10.3. The molecule has 1 saturated heterocycles. The van der Waals surface area contributed by atoms with E-state index >= 15 is 0 Å². The molecule has 0 spiro atoms. The maximum atomic E-state index is 11.9. The lowest BCUT2D eigenvalue weighted by molar-refractivity contribution is -0.127. The third-order valence-electron chi connectivity index (χ3n) is 4.93. The molecule has 0 atom stereocenters. The molecule has 0 radical (unpaired) electrons. The van der Waals surface area contributed by atoms with Crippen LogP contribution in [0.3, 0.4) is 0 Å². The Hall–Kier alpha value is -3.79. The van der Waals surface area contributed by atoms with E-state index in [1.807, 2.05) is 17.0 Å². The first kappa shape index (κ1) is 21.4. The lowest BCUT2D eigenvalue weighted by atomic mass is 10.1. The predicted octanol–water partition coefficient (Wildman–Crippen LogP) is 1.78. The third kappa shape index (κ3) is 5.27. The second-order valence-corrected chi connectivity index (χ2v) is 7.52. The van der Waals surface area contributed by atoms with Gasteiger partial charge in [-0.05, 0) is 29.8 Å². The summed E-state index contributed by atoms with van der Waals surface area (Å²) < 4.78 is 11.4. The van der Waals surface area contributed by atoms with Gasteiger partial charge in [0.05, 0.1) is 19.6 Å². The van der Waals surface area contributed by atoms with Gasteiger partial charge in [-0.1, -0.05) is 12.1 Å². The van der Waals surface area contributed by atoms with Crippen molar-refractivity contribution in [1.82, 2.24) is 24.8 Å². The smallest absolute Gasteiger partial charge is 0.327 e. The van der Waals surface area contributed by atoms with E-state index in [0.717, 1.165) is 5.56 Å². The zero-order valence-corrected chi connectivity index (χ0v) is 18.1. The lowest BCUT2D eigenvalue weighted by Crippen LogP contribution is -2.37. The predicted molar refractivity (Wildman–Crippen MR) is 119 cm³/mol. The quantitative estimate of drug-likeness (QED) is 0.618. The molecule has 0 unspecified atom stereocenters. The van der Waals surface area contributed by atoms with Crippen molar-refractivity contribution in [3.05, 3.63) is 48.2 Å². The molecule has 166 valence electrons. The van der Waals surface area contributed by atoms with Crippen molar-refractivity contribution in [1.29, 1.82) is 0 Å². The van der Waals surface area contributed by atoms with Gasteiger partial charge in [0.25, 0.3) is 0 Å². The van der Waals surface area contributed by atoms with Gasteiger partial charge in [0.15, 0.2) is 5.82 Å². The van der Waals surface area contributed by atoms with Crippen LogP contribution >= 0.6 is 0 Å². The van der Waals surface area contributed by atoms with Gasteiger partial charge < -0.3 is 25.0 Å². The van der Waals surface area contributed by atoms with Crippen molar-refractivity contribution >= 4 is 17.7 Å². The maximum Gasteiger partial charge on any atom is 0.327 e. The molecule has 3 heterocycles. The summed E-state index contributed by atoms with van der Waals surface area (Å²) in [6.45, 7) is 2.57. The zero-order valence-electron chi connectivity index (χ0n) is 18.1. The van der Waals surface area contributed by atoms with E-state index < -0.39 is 0 Å². The number of carbonyl (C=O) groups excluding carboxylic acids is 1. The minimum atomic E-state index is 0.0352.